The summed E-state index contributed by atoms with van der Waals surface area (Å²) in [6, 6.07) is 18.7. The van der Waals surface area contributed by atoms with E-state index in [9.17, 15) is 0 Å². The van der Waals surface area contributed by atoms with Gasteiger partial charge in [-0.25, -0.2) is 0 Å². The molecule has 1 aromatic heterocycles. The Hall–Kier alpha value is -2.28. The molecule has 4 rings (SSSR count). The summed E-state index contributed by atoms with van der Waals surface area (Å²) in [6.45, 7) is 9.03. The molecule has 6 heteroatoms. The van der Waals surface area contributed by atoms with Crippen LogP contribution >= 0.6 is 12.2 Å². The monoisotopic (exact) mass is 395 g/mol. The third-order valence-electron chi connectivity index (χ3n) is 5.15. The summed E-state index contributed by atoms with van der Waals surface area (Å²) >= 11 is 5.87. The molecule has 0 spiro atoms. The highest BCUT2D eigenvalue weighted by atomic mass is 32.1. The maximum Gasteiger partial charge on any atom is 0.207 e. The molecule has 0 unspecified atom stereocenters. The number of rotatable bonds is 4. The van der Waals surface area contributed by atoms with Gasteiger partial charge < -0.3 is 9.64 Å². The van der Waals surface area contributed by atoms with Crippen LogP contribution in [0.2, 0.25) is 0 Å². The van der Waals surface area contributed by atoms with Gasteiger partial charge in [0.15, 0.2) is 12.5 Å². The van der Waals surface area contributed by atoms with Crippen molar-refractivity contribution in [2.24, 2.45) is 0 Å². The summed E-state index contributed by atoms with van der Waals surface area (Å²) in [5.74, 6) is 0.880. The van der Waals surface area contributed by atoms with Crippen molar-refractivity contribution in [3.05, 3.63) is 64.9 Å². The van der Waals surface area contributed by atoms with Gasteiger partial charge in [-0.05, 0) is 45.1 Å². The maximum absolute atomic E-state index is 5.88. The molecule has 0 bridgehead atoms. The number of aromatic nitrogens is 3. The molecule has 1 saturated heterocycles. The molecule has 2 aromatic carbocycles. The number of aryl methyl sites for hydroxylation is 1. The summed E-state index contributed by atoms with van der Waals surface area (Å²) in [7, 11) is 0. The van der Waals surface area contributed by atoms with Crippen LogP contribution in [-0.2, 0) is 11.4 Å². The van der Waals surface area contributed by atoms with E-state index < -0.39 is 0 Å². The predicted octanol–water partition coefficient (Wildman–Crippen LogP) is 3.03. The highest BCUT2D eigenvalue weighted by molar-refractivity contribution is 7.71. The van der Waals surface area contributed by atoms with Crippen molar-refractivity contribution in [2.75, 3.05) is 13.1 Å². The fourth-order valence-electron chi connectivity index (χ4n) is 3.94. The van der Waals surface area contributed by atoms with Gasteiger partial charge in [0.05, 0.1) is 0 Å². The van der Waals surface area contributed by atoms with E-state index in [1.54, 1.807) is 0 Å². The maximum atomic E-state index is 5.88. The number of nitrogens with zero attached hydrogens (tertiary/aromatic N) is 3. The lowest BCUT2D eigenvalue weighted by Crippen LogP contribution is -3.14. The minimum Gasteiger partial charge on any atom is -0.364 e. The Balaban J connectivity index is 1.76. The zero-order valence-corrected chi connectivity index (χ0v) is 17.4. The number of benzene rings is 2. The first-order chi connectivity index (χ1) is 13.5. The number of morpholine rings is 1. The number of hydrogen-bond acceptors (Lipinski definition) is 3. The molecule has 2 atom stereocenters. The number of nitrogens with one attached hydrogen (secondary N) is 1. The van der Waals surface area contributed by atoms with Crippen LogP contribution < -0.4 is 4.90 Å². The molecule has 0 aliphatic carbocycles. The van der Waals surface area contributed by atoms with Crippen LogP contribution in [0.4, 0.5) is 0 Å². The zero-order chi connectivity index (χ0) is 19.7. The van der Waals surface area contributed by atoms with Gasteiger partial charge in [0.25, 0.3) is 0 Å². The van der Waals surface area contributed by atoms with E-state index in [4.69, 9.17) is 22.1 Å². The summed E-state index contributed by atoms with van der Waals surface area (Å²) in [4.78, 5) is 1.44. The smallest absolute Gasteiger partial charge is 0.207 e. The van der Waals surface area contributed by atoms with Crippen molar-refractivity contribution in [2.45, 2.75) is 39.6 Å². The quantitative estimate of drug-likeness (QED) is 0.690. The van der Waals surface area contributed by atoms with Gasteiger partial charge in [0.2, 0.25) is 4.77 Å². The molecule has 28 heavy (non-hydrogen) atoms. The molecule has 0 radical (unpaired) electrons. The van der Waals surface area contributed by atoms with Gasteiger partial charge in [0, 0.05) is 11.3 Å². The van der Waals surface area contributed by atoms with E-state index in [1.807, 2.05) is 22.9 Å². The second-order valence-electron chi connectivity index (χ2n) is 7.72. The molecule has 146 valence electrons. The molecular weight excluding hydrogens is 368 g/mol. The van der Waals surface area contributed by atoms with Crippen LogP contribution in [0.25, 0.3) is 17.1 Å². The van der Waals surface area contributed by atoms with Crippen LogP contribution in [0.15, 0.2) is 54.6 Å². The number of ether oxygens (including phenoxy) is 1. The van der Waals surface area contributed by atoms with Gasteiger partial charge in [-0.3, -0.25) is 4.57 Å². The van der Waals surface area contributed by atoms with Gasteiger partial charge in [0.1, 0.15) is 25.3 Å². The largest absolute Gasteiger partial charge is 0.364 e. The summed E-state index contributed by atoms with van der Waals surface area (Å²) in [5.41, 5.74) is 3.33. The van der Waals surface area contributed by atoms with Crippen molar-refractivity contribution in [3.63, 3.8) is 0 Å². The first kappa shape index (κ1) is 19.1. The minimum absolute atomic E-state index is 0.251. The number of para-hydroxylation sites is 1. The molecule has 1 aliphatic rings. The molecular formula is C22H27N4OS+. The third-order valence-corrected chi connectivity index (χ3v) is 5.55. The fraction of sp³-hybridized carbons (Fsp3) is 0.364. The van der Waals surface area contributed by atoms with E-state index in [0.717, 1.165) is 41.6 Å². The van der Waals surface area contributed by atoms with Crippen molar-refractivity contribution in [3.8, 4) is 17.1 Å². The summed E-state index contributed by atoms with van der Waals surface area (Å²) < 4.78 is 10.7. The first-order valence-corrected chi connectivity index (χ1v) is 10.2. The molecule has 1 aliphatic heterocycles. The Bertz CT molecular complexity index is 984. The van der Waals surface area contributed by atoms with Crippen LogP contribution in [0.3, 0.4) is 0 Å². The molecule has 2 heterocycles. The Morgan fingerprint density at radius 2 is 1.68 bits per heavy atom. The first-order valence-electron chi connectivity index (χ1n) is 9.82. The van der Waals surface area contributed by atoms with Crippen LogP contribution in [-0.4, -0.2) is 39.6 Å². The zero-order valence-electron chi connectivity index (χ0n) is 16.6. The molecule has 5 nitrogen and oxygen atoms in total. The lowest BCUT2D eigenvalue weighted by Gasteiger charge is -2.32. The summed E-state index contributed by atoms with van der Waals surface area (Å²) in [6.07, 6.45) is 0.501. The molecule has 1 N–H and O–H groups in total. The van der Waals surface area contributed by atoms with Crippen molar-refractivity contribution < 1.29 is 9.64 Å². The molecule has 0 saturated carbocycles. The van der Waals surface area contributed by atoms with Crippen LogP contribution in [0.1, 0.15) is 19.4 Å². The standard InChI is InChI=1S/C22H26N4OS/c1-16-9-11-19(12-10-16)21-23-25(15-24-13-17(2)27-18(3)14-24)22(28)26(21)20-7-5-4-6-8-20/h4-12,17-18H,13-15H2,1-3H3/p+1/t17-,18-/m0/s1. The van der Waals surface area contributed by atoms with Gasteiger partial charge in [-0.1, -0.05) is 48.0 Å². The van der Waals surface area contributed by atoms with Gasteiger partial charge >= 0.3 is 0 Å². The lowest BCUT2D eigenvalue weighted by molar-refractivity contribution is -0.937. The van der Waals surface area contributed by atoms with Crippen molar-refractivity contribution >= 4 is 12.2 Å². The van der Waals surface area contributed by atoms with Crippen LogP contribution in [0.5, 0.6) is 0 Å². The summed E-state index contributed by atoms with van der Waals surface area (Å²) in [5, 5.41) is 4.94. The van der Waals surface area contributed by atoms with E-state index in [2.05, 4.69) is 61.7 Å². The van der Waals surface area contributed by atoms with Gasteiger partial charge in [-0.15, -0.1) is 5.10 Å². The molecule has 3 aromatic rings. The fourth-order valence-corrected chi connectivity index (χ4v) is 4.24. The molecule has 1 fully saturated rings. The Labute approximate surface area is 171 Å². The van der Waals surface area contributed by atoms with Crippen molar-refractivity contribution in [1.82, 2.24) is 14.3 Å². The van der Waals surface area contributed by atoms with E-state index >= 15 is 0 Å². The Kier molecular flexibility index (Phi) is 5.44. The predicted molar refractivity (Wildman–Crippen MR) is 113 cm³/mol. The average molecular weight is 396 g/mol. The second-order valence-corrected chi connectivity index (χ2v) is 8.08. The number of hydrogen-bond donors (Lipinski definition) is 1. The van der Waals surface area contributed by atoms with Gasteiger partial charge in [-0.2, -0.15) is 4.68 Å². The minimum atomic E-state index is 0.251. The molecule has 0 amide bonds. The van der Waals surface area contributed by atoms with Crippen molar-refractivity contribution in [1.29, 1.82) is 0 Å². The second kappa shape index (κ2) is 7.99. The van der Waals surface area contributed by atoms with E-state index in [1.165, 1.54) is 10.5 Å². The normalized spacial score (nSPS) is 22.3. The average Bonchev–Trinajstić information content (AvgIpc) is 2.98. The number of quaternary nitrogens is 1. The van der Waals surface area contributed by atoms with E-state index in [0.29, 0.717) is 0 Å². The lowest BCUT2D eigenvalue weighted by atomic mass is 10.1. The third kappa shape index (κ3) is 3.94. The Morgan fingerprint density at radius 3 is 2.32 bits per heavy atom. The SMILES string of the molecule is Cc1ccc(-c2nn(C[NH+]3C[C@H](C)O[C@@H](C)C3)c(=S)n2-c2ccccc2)cc1. The highest BCUT2D eigenvalue weighted by Crippen LogP contribution is 2.23. The van der Waals surface area contributed by atoms with E-state index in [-0.39, 0.29) is 12.2 Å². The van der Waals surface area contributed by atoms with Crippen LogP contribution in [0, 0.1) is 11.7 Å². The highest BCUT2D eigenvalue weighted by Gasteiger charge is 2.27. The topological polar surface area (TPSA) is 36.4 Å². The Morgan fingerprint density at radius 1 is 1.04 bits per heavy atom.